The van der Waals surface area contributed by atoms with E-state index in [0.717, 1.165) is 25.7 Å². The molecule has 1 fully saturated rings. The molecule has 1 amide bonds. The van der Waals surface area contributed by atoms with Crippen molar-refractivity contribution in [3.05, 3.63) is 35.9 Å². The third kappa shape index (κ3) is 3.41. The highest BCUT2D eigenvalue weighted by molar-refractivity contribution is 7.80. The van der Waals surface area contributed by atoms with Crippen LogP contribution >= 0.6 is 12.2 Å². The molecule has 1 aromatic rings. The van der Waals surface area contributed by atoms with Crippen LogP contribution in [-0.4, -0.2) is 23.2 Å². The number of aliphatic hydroxyl groups excluding tert-OH is 1. The third-order valence-electron chi connectivity index (χ3n) is 4.06. The van der Waals surface area contributed by atoms with E-state index in [1.165, 1.54) is 13.5 Å². The number of methoxy groups -OCH3 is 1. The molecule has 2 N–H and O–H groups in total. The Morgan fingerprint density at radius 3 is 2.43 bits per heavy atom. The van der Waals surface area contributed by atoms with Gasteiger partial charge in [0.1, 0.15) is 0 Å². The van der Waals surface area contributed by atoms with Gasteiger partial charge < -0.3 is 15.2 Å². The summed E-state index contributed by atoms with van der Waals surface area (Å²) in [6, 6.07) is 9.02. The number of aliphatic hydroxyl groups is 1. The van der Waals surface area contributed by atoms with Crippen LogP contribution in [0, 0.1) is 5.92 Å². The van der Waals surface area contributed by atoms with Crippen molar-refractivity contribution in [1.82, 2.24) is 5.32 Å². The van der Waals surface area contributed by atoms with Gasteiger partial charge in [-0.25, -0.2) is 0 Å². The average molecular weight is 307 g/mol. The molecule has 0 spiro atoms. The van der Waals surface area contributed by atoms with Crippen LogP contribution < -0.4 is 5.32 Å². The van der Waals surface area contributed by atoms with E-state index in [0.29, 0.717) is 5.56 Å². The van der Waals surface area contributed by atoms with Gasteiger partial charge >= 0.3 is 0 Å². The first kappa shape index (κ1) is 15.9. The molecule has 0 aromatic heterocycles. The molecule has 1 saturated carbocycles. The zero-order chi connectivity index (χ0) is 15.3. The fraction of sp³-hybridized carbons (Fsp3) is 0.500. The van der Waals surface area contributed by atoms with Crippen molar-refractivity contribution in [3.63, 3.8) is 0 Å². The van der Waals surface area contributed by atoms with E-state index in [9.17, 15) is 9.90 Å². The molecule has 21 heavy (non-hydrogen) atoms. The lowest BCUT2D eigenvalue weighted by Crippen LogP contribution is -2.54. The van der Waals surface area contributed by atoms with Crippen LogP contribution in [0.25, 0.3) is 0 Å². The van der Waals surface area contributed by atoms with Crippen LogP contribution in [0.5, 0.6) is 0 Å². The Morgan fingerprint density at radius 1 is 1.29 bits per heavy atom. The highest BCUT2D eigenvalue weighted by Gasteiger charge is 2.40. The molecule has 1 atom stereocenters. The summed E-state index contributed by atoms with van der Waals surface area (Å²) in [5.41, 5.74) is -0.838. The standard InChI is InChI=1S/C16H21NO3S/c1-20-16(15(19)21,13-10-6-3-7-11-13)17-14(18)12-8-4-2-5-9-12/h3,6-7,10-12H,2,4-5,8-9H2,1H3,(H,17,18)(H,19,21). The number of thiocarbonyl (C=S) groups is 1. The molecule has 5 heteroatoms. The molecule has 0 aliphatic heterocycles. The molecule has 1 aliphatic rings. The Morgan fingerprint density at radius 2 is 1.90 bits per heavy atom. The minimum absolute atomic E-state index is 0.0358. The maximum Gasteiger partial charge on any atom is 0.236 e. The topological polar surface area (TPSA) is 58.6 Å². The molecule has 114 valence electrons. The van der Waals surface area contributed by atoms with Gasteiger partial charge in [-0.2, -0.15) is 0 Å². The summed E-state index contributed by atoms with van der Waals surface area (Å²) < 4.78 is 5.42. The van der Waals surface area contributed by atoms with Gasteiger partial charge in [0, 0.05) is 18.6 Å². The van der Waals surface area contributed by atoms with E-state index in [2.05, 4.69) is 5.32 Å². The molecule has 0 saturated heterocycles. The second-order valence-corrected chi connectivity index (χ2v) is 5.77. The van der Waals surface area contributed by atoms with Crippen molar-refractivity contribution in [2.75, 3.05) is 7.11 Å². The average Bonchev–Trinajstić information content (AvgIpc) is 2.54. The van der Waals surface area contributed by atoms with E-state index in [1.807, 2.05) is 18.2 Å². The minimum Gasteiger partial charge on any atom is -0.498 e. The van der Waals surface area contributed by atoms with Crippen molar-refractivity contribution in [2.24, 2.45) is 5.92 Å². The van der Waals surface area contributed by atoms with E-state index < -0.39 is 5.72 Å². The first-order valence-corrected chi connectivity index (χ1v) is 7.67. The second-order valence-electron chi connectivity index (χ2n) is 5.38. The number of benzene rings is 1. The van der Waals surface area contributed by atoms with Crippen LogP contribution in [0.4, 0.5) is 0 Å². The number of hydrogen-bond acceptors (Lipinski definition) is 3. The number of nitrogens with one attached hydrogen (secondary N) is 1. The summed E-state index contributed by atoms with van der Waals surface area (Å²) in [6.07, 6.45) is 5.05. The Labute approximate surface area is 130 Å². The maximum absolute atomic E-state index is 12.5. The third-order valence-corrected chi connectivity index (χ3v) is 4.35. The fourth-order valence-corrected chi connectivity index (χ4v) is 3.07. The van der Waals surface area contributed by atoms with Crippen LogP contribution in [0.15, 0.2) is 30.3 Å². The zero-order valence-corrected chi connectivity index (χ0v) is 13.0. The number of ether oxygens (including phenoxy) is 1. The van der Waals surface area contributed by atoms with Gasteiger partial charge in [0.25, 0.3) is 0 Å². The first-order valence-electron chi connectivity index (χ1n) is 7.26. The van der Waals surface area contributed by atoms with Gasteiger partial charge in [-0.05, 0) is 25.1 Å². The van der Waals surface area contributed by atoms with Crippen molar-refractivity contribution in [2.45, 2.75) is 37.8 Å². The minimum atomic E-state index is -1.45. The summed E-state index contributed by atoms with van der Waals surface area (Å²) >= 11 is 4.95. The van der Waals surface area contributed by atoms with Crippen molar-refractivity contribution < 1.29 is 14.6 Å². The first-order chi connectivity index (χ1) is 10.1. The molecular weight excluding hydrogens is 286 g/mol. The van der Waals surface area contributed by atoms with Crippen molar-refractivity contribution in [3.8, 4) is 0 Å². The lowest BCUT2D eigenvalue weighted by Gasteiger charge is -2.33. The van der Waals surface area contributed by atoms with E-state index >= 15 is 0 Å². The Balaban J connectivity index is 2.24. The molecule has 0 heterocycles. The Bertz CT molecular complexity index is 500. The molecule has 1 unspecified atom stereocenters. The second kappa shape index (κ2) is 7.00. The molecule has 2 rings (SSSR count). The molecule has 0 radical (unpaired) electrons. The molecule has 1 aromatic carbocycles. The monoisotopic (exact) mass is 307 g/mol. The summed E-state index contributed by atoms with van der Waals surface area (Å²) in [5, 5.41) is 12.4. The van der Waals surface area contributed by atoms with Gasteiger partial charge in [0.15, 0.2) is 0 Å². The number of hydrogen-bond donors (Lipinski definition) is 2. The zero-order valence-electron chi connectivity index (χ0n) is 12.2. The Hall–Kier alpha value is -1.46. The van der Waals surface area contributed by atoms with Crippen LogP contribution in [0.1, 0.15) is 37.7 Å². The molecule has 0 bridgehead atoms. The highest BCUT2D eigenvalue weighted by Crippen LogP contribution is 2.28. The van der Waals surface area contributed by atoms with E-state index in [4.69, 9.17) is 17.0 Å². The molecule has 1 aliphatic carbocycles. The quantitative estimate of drug-likeness (QED) is 0.648. The molecule has 4 nitrogen and oxygen atoms in total. The van der Waals surface area contributed by atoms with E-state index in [-0.39, 0.29) is 16.9 Å². The smallest absolute Gasteiger partial charge is 0.236 e. The van der Waals surface area contributed by atoms with E-state index in [1.54, 1.807) is 12.1 Å². The largest absolute Gasteiger partial charge is 0.498 e. The van der Waals surface area contributed by atoms with Gasteiger partial charge in [0.2, 0.25) is 16.7 Å². The SMILES string of the molecule is COC(NC(=O)C1CCCCC1)(C(O)=S)c1ccccc1. The predicted molar refractivity (Wildman–Crippen MR) is 85.1 cm³/mol. The van der Waals surface area contributed by atoms with Gasteiger partial charge in [-0.3, -0.25) is 4.79 Å². The fourth-order valence-electron chi connectivity index (χ4n) is 2.82. The lowest BCUT2D eigenvalue weighted by atomic mass is 9.88. The lowest BCUT2D eigenvalue weighted by molar-refractivity contribution is -0.133. The highest BCUT2D eigenvalue weighted by atomic mass is 32.1. The summed E-state index contributed by atoms with van der Waals surface area (Å²) in [4.78, 5) is 12.5. The van der Waals surface area contributed by atoms with Crippen molar-refractivity contribution in [1.29, 1.82) is 0 Å². The van der Waals surface area contributed by atoms with Crippen LogP contribution in [0.3, 0.4) is 0 Å². The molecular formula is C16H21NO3S. The maximum atomic E-state index is 12.5. The van der Waals surface area contributed by atoms with Gasteiger partial charge in [0.05, 0.1) is 0 Å². The van der Waals surface area contributed by atoms with Crippen LogP contribution in [0.2, 0.25) is 0 Å². The van der Waals surface area contributed by atoms with Gasteiger partial charge in [-0.15, -0.1) is 0 Å². The number of carbonyl (C=O) groups is 1. The van der Waals surface area contributed by atoms with Crippen LogP contribution in [-0.2, 0) is 15.3 Å². The predicted octanol–water partition coefficient (Wildman–Crippen LogP) is 3.07. The Kier molecular flexibility index (Phi) is 5.31. The summed E-state index contributed by atoms with van der Waals surface area (Å²) in [6.45, 7) is 0. The van der Waals surface area contributed by atoms with Gasteiger partial charge in [-0.1, -0.05) is 49.6 Å². The summed E-state index contributed by atoms with van der Waals surface area (Å²) in [5.74, 6) is -0.150. The number of carbonyl (C=O) groups excluding carboxylic acids is 1. The summed E-state index contributed by atoms with van der Waals surface area (Å²) in [7, 11) is 1.43. The number of rotatable bonds is 5. The van der Waals surface area contributed by atoms with Crippen molar-refractivity contribution >= 4 is 23.2 Å². The number of amides is 1. The normalized spacial score (nSPS) is 18.7.